The van der Waals surface area contributed by atoms with Crippen molar-refractivity contribution in [3.63, 3.8) is 0 Å². The first-order valence-corrected chi connectivity index (χ1v) is 20.6. The Labute approximate surface area is 331 Å². The molecule has 5 N–H and O–H groups in total. The highest BCUT2D eigenvalue weighted by Gasteiger charge is 2.36. The number of anilines is 2. The van der Waals surface area contributed by atoms with E-state index in [0.29, 0.717) is 47.5 Å². The van der Waals surface area contributed by atoms with E-state index in [1.165, 1.54) is 0 Å². The number of aromatic amines is 1. The minimum atomic E-state index is -0.439. The topological polar surface area (TPSA) is 203 Å². The zero-order valence-electron chi connectivity index (χ0n) is 33.5. The first-order valence-electron chi connectivity index (χ1n) is 20.6. The monoisotopic (exact) mass is 777 g/mol. The molecule has 4 aliphatic rings. The number of nitriles is 2. The highest BCUT2D eigenvalue weighted by molar-refractivity contribution is 5.88. The third-order valence-corrected chi connectivity index (χ3v) is 12.5. The van der Waals surface area contributed by atoms with E-state index in [1.807, 2.05) is 32.0 Å². The van der Waals surface area contributed by atoms with Crippen molar-refractivity contribution in [2.45, 2.75) is 103 Å². The Morgan fingerprint density at radius 3 is 1.65 bits per heavy atom. The highest BCUT2D eigenvalue weighted by atomic mass is 16.2. The lowest BCUT2D eigenvalue weighted by molar-refractivity contribution is 0.288. The third-order valence-electron chi connectivity index (χ3n) is 12.5. The van der Waals surface area contributed by atoms with Crippen LogP contribution in [0.3, 0.4) is 0 Å². The summed E-state index contributed by atoms with van der Waals surface area (Å²) >= 11 is 0. The Morgan fingerprint density at radius 1 is 0.737 bits per heavy atom. The SMILES string of the molecule is CCC(NCCC#N)C1CN(c2ccc3c(=O)[nH]c(=O)n(C4CC4)c3c2C)C1.CCC(NCCC#N)C1CN(c2ccc3c(=O)n(N)c(=O)n(C4CC4)c3c2C)C1. The number of nitrogens with one attached hydrogen (secondary N) is 3. The maximum atomic E-state index is 12.7. The van der Waals surface area contributed by atoms with Gasteiger partial charge in [0.15, 0.2) is 0 Å². The van der Waals surface area contributed by atoms with E-state index in [0.717, 1.165) is 116 Å². The Balaban J connectivity index is 0.000000174. The van der Waals surface area contributed by atoms with Crippen LogP contribution in [-0.4, -0.2) is 70.1 Å². The zero-order valence-corrected chi connectivity index (χ0v) is 33.5. The molecule has 2 unspecified atom stereocenters. The van der Waals surface area contributed by atoms with E-state index in [1.54, 1.807) is 15.2 Å². The number of benzene rings is 2. The fourth-order valence-corrected chi connectivity index (χ4v) is 8.99. The van der Waals surface area contributed by atoms with Gasteiger partial charge >= 0.3 is 11.4 Å². The van der Waals surface area contributed by atoms with Gasteiger partial charge < -0.3 is 26.3 Å². The van der Waals surface area contributed by atoms with Crippen LogP contribution in [0.15, 0.2) is 43.4 Å². The van der Waals surface area contributed by atoms with Crippen LogP contribution >= 0.6 is 0 Å². The van der Waals surface area contributed by atoms with Crippen molar-refractivity contribution in [1.82, 2.24) is 29.4 Å². The maximum Gasteiger partial charge on any atom is 0.350 e. The van der Waals surface area contributed by atoms with Gasteiger partial charge in [-0.2, -0.15) is 15.2 Å². The second-order valence-electron chi connectivity index (χ2n) is 16.2. The molecule has 0 bridgehead atoms. The number of nitrogen functional groups attached to an aromatic ring is 1. The van der Waals surface area contributed by atoms with E-state index in [9.17, 15) is 19.2 Å². The zero-order chi connectivity index (χ0) is 40.5. The van der Waals surface area contributed by atoms with Gasteiger partial charge in [-0.1, -0.05) is 13.8 Å². The lowest BCUT2D eigenvalue weighted by Gasteiger charge is -2.45. The number of hydrogen-bond donors (Lipinski definition) is 4. The summed E-state index contributed by atoms with van der Waals surface area (Å²) in [5, 5.41) is 25.5. The molecule has 2 saturated carbocycles. The van der Waals surface area contributed by atoms with E-state index >= 15 is 0 Å². The predicted molar refractivity (Wildman–Crippen MR) is 223 cm³/mol. The molecule has 0 spiro atoms. The number of aromatic nitrogens is 4. The molecule has 0 amide bonds. The number of H-pyrrole nitrogens is 1. The number of rotatable bonds is 14. The lowest BCUT2D eigenvalue weighted by atomic mass is 9.88. The Bertz CT molecular complexity index is 2470. The van der Waals surface area contributed by atoms with Crippen LogP contribution in [0.25, 0.3) is 21.8 Å². The molecule has 4 fully saturated rings. The van der Waals surface area contributed by atoms with Crippen molar-refractivity contribution >= 4 is 33.2 Å². The number of nitrogens with zero attached hydrogens (tertiary/aromatic N) is 7. The Hall–Kier alpha value is -5.38. The standard InChI is InChI=1S/C21H28N6O2.C21H27N5O2/c1-3-17(24-10-4-9-22)14-11-25(12-14)18-8-7-16-19(13(18)2)26(15-5-6-15)21(29)27(23)20(16)28;1-3-17(23-10-4-9-22)14-11-25(12-14)18-8-7-16-19(13(18)2)26(15-5-6-15)21(28)24-20(16)27/h7-8,14-15,17,24H,3-6,10-12,23H2,1-2H3;7-8,14-15,17,23H,3-6,10-12H2,1-2H3,(H,24,27,28). The molecule has 2 atom stereocenters. The molecule has 8 rings (SSSR count). The first kappa shape index (κ1) is 39.8. The molecule has 2 aliphatic carbocycles. The predicted octanol–water partition coefficient (Wildman–Crippen LogP) is 3.29. The molecule has 4 heterocycles. The second-order valence-corrected chi connectivity index (χ2v) is 16.2. The summed E-state index contributed by atoms with van der Waals surface area (Å²) in [4.78, 5) is 57.0. The molecule has 2 saturated heterocycles. The molecule has 0 radical (unpaired) electrons. The Kier molecular flexibility index (Phi) is 11.6. The number of fused-ring (bicyclic) bond motifs is 2. The highest BCUT2D eigenvalue weighted by Crippen LogP contribution is 2.40. The van der Waals surface area contributed by atoms with Crippen LogP contribution in [0.2, 0.25) is 0 Å². The summed E-state index contributed by atoms with van der Waals surface area (Å²) in [6.07, 6.45) is 6.98. The van der Waals surface area contributed by atoms with Gasteiger partial charge in [0.25, 0.3) is 11.1 Å². The molecular weight excluding hydrogens is 723 g/mol. The number of nitrogens with two attached hydrogens (primary N) is 1. The second kappa shape index (κ2) is 16.6. The quantitative estimate of drug-likeness (QED) is 0.108. The van der Waals surface area contributed by atoms with Crippen LogP contribution in [0.1, 0.15) is 88.4 Å². The maximum absolute atomic E-state index is 12.7. The minimum absolute atomic E-state index is 0.132. The van der Waals surface area contributed by atoms with Gasteiger partial charge in [-0.15, -0.1) is 0 Å². The normalized spacial score (nSPS) is 18.0. The summed E-state index contributed by atoms with van der Waals surface area (Å²) in [6, 6.07) is 13.1. The van der Waals surface area contributed by atoms with E-state index in [2.05, 4.69) is 51.4 Å². The van der Waals surface area contributed by atoms with Crippen molar-refractivity contribution in [3.05, 3.63) is 77.1 Å². The molecule has 302 valence electrons. The molecular formula is C42H55N11O4. The van der Waals surface area contributed by atoms with Crippen LogP contribution in [0, 0.1) is 48.3 Å². The van der Waals surface area contributed by atoms with Gasteiger partial charge in [-0.25, -0.2) is 9.59 Å². The van der Waals surface area contributed by atoms with Crippen LogP contribution in [-0.2, 0) is 0 Å². The lowest BCUT2D eigenvalue weighted by Crippen LogP contribution is -2.56. The van der Waals surface area contributed by atoms with Gasteiger partial charge in [0.1, 0.15) is 0 Å². The summed E-state index contributed by atoms with van der Waals surface area (Å²) < 4.78 is 4.23. The van der Waals surface area contributed by atoms with Gasteiger partial charge in [-0.3, -0.25) is 23.7 Å². The average molecular weight is 778 g/mol. The van der Waals surface area contributed by atoms with Crippen molar-refractivity contribution < 1.29 is 0 Å². The number of hydrogen-bond acceptors (Lipinski definition) is 11. The van der Waals surface area contributed by atoms with Gasteiger partial charge in [0, 0.05) is 99.5 Å². The van der Waals surface area contributed by atoms with Gasteiger partial charge in [-0.05, 0) is 87.8 Å². The van der Waals surface area contributed by atoms with E-state index < -0.39 is 11.2 Å². The van der Waals surface area contributed by atoms with Gasteiger partial charge in [0.05, 0.1) is 33.9 Å². The smallest absolute Gasteiger partial charge is 0.350 e. The molecule has 57 heavy (non-hydrogen) atoms. The minimum Gasteiger partial charge on any atom is -0.370 e. The molecule has 2 aromatic carbocycles. The molecule has 2 aliphatic heterocycles. The molecule has 4 aromatic rings. The van der Waals surface area contributed by atoms with E-state index in [4.69, 9.17) is 16.4 Å². The van der Waals surface area contributed by atoms with Crippen LogP contribution in [0.5, 0.6) is 0 Å². The van der Waals surface area contributed by atoms with Crippen LogP contribution in [0.4, 0.5) is 11.4 Å². The summed E-state index contributed by atoms with van der Waals surface area (Å²) in [7, 11) is 0. The van der Waals surface area contributed by atoms with Gasteiger partial charge in [0.2, 0.25) is 0 Å². The van der Waals surface area contributed by atoms with E-state index in [-0.39, 0.29) is 23.3 Å². The first-order chi connectivity index (χ1) is 27.5. The van der Waals surface area contributed by atoms with Crippen molar-refractivity contribution in [3.8, 4) is 12.1 Å². The summed E-state index contributed by atoms with van der Waals surface area (Å²) in [5.74, 6) is 6.82. The largest absolute Gasteiger partial charge is 0.370 e. The fraction of sp³-hybridized carbons (Fsp3) is 0.571. The number of aryl methyl sites for hydroxylation is 2. The summed E-state index contributed by atoms with van der Waals surface area (Å²) in [5.41, 5.74) is 4.20. The third kappa shape index (κ3) is 7.71. The summed E-state index contributed by atoms with van der Waals surface area (Å²) in [6.45, 7) is 13.5. The van der Waals surface area contributed by atoms with Crippen molar-refractivity contribution in [2.24, 2.45) is 11.8 Å². The molecule has 15 heteroatoms. The Morgan fingerprint density at radius 2 is 1.19 bits per heavy atom. The van der Waals surface area contributed by atoms with Crippen molar-refractivity contribution in [1.29, 1.82) is 10.5 Å². The molecule has 15 nitrogen and oxygen atoms in total. The van der Waals surface area contributed by atoms with Crippen molar-refractivity contribution in [2.75, 3.05) is 54.9 Å². The average Bonchev–Trinajstić information content (AvgIpc) is 4.10. The van der Waals surface area contributed by atoms with Crippen LogP contribution < -0.4 is 48.8 Å². The fourth-order valence-electron chi connectivity index (χ4n) is 8.99. The molecule has 2 aromatic heterocycles.